The maximum atomic E-state index is 12.6. The Morgan fingerprint density at radius 3 is 2.31 bits per heavy atom. The van der Waals surface area contributed by atoms with Gasteiger partial charge in [0.05, 0.1) is 6.07 Å². The van der Waals surface area contributed by atoms with Crippen molar-refractivity contribution in [3.63, 3.8) is 0 Å². The Labute approximate surface area is 73.8 Å². The van der Waals surface area contributed by atoms with Gasteiger partial charge < -0.3 is 0 Å². The summed E-state index contributed by atoms with van der Waals surface area (Å²) in [6, 6.07) is 1.47. The van der Waals surface area contributed by atoms with Crippen LogP contribution in [0.4, 0.5) is 13.2 Å². The van der Waals surface area contributed by atoms with E-state index in [0.29, 0.717) is 6.42 Å². The Morgan fingerprint density at radius 1 is 1.38 bits per heavy atom. The highest BCUT2D eigenvalue weighted by atomic mass is 19.4. The molecule has 0 N–H and O–H groups in total. The van der Waals surface area contributed by atoms with E-state index in [1.807, 2.05) is 0 Å². The molecule has 0 aliphatic heterocycles. The minimum absolute atomic E-state index is 0.0359. The molecule has 2 rings (SSSR count). The van der Waals surface area contributed by atoms with E-state index in [2.05, 4.69) is 0 Å². The number of allylic oxidation sites excluding steroid dienone is 2. The lowest BCUT2D eigenvalue weighted by atomic mass is 9.76. The van der Waals surface area contributed by atoms with E-state index in [-0.39, 0.29) is 12.3 Å². The first-order valence-corrected chi connectivity index (χ1v) is 4.16. The zero-order valence-corrected chi connectivity index (χ0v) is 6.80. The van der Waals surface area contributed by atoms with Gasteiger partial charge in [0.1, 0.15) is 0 Å². The number of nitriles is 1. The van der Waals surface area contributed by atoms with Crippen molar-refractivity contribution in [2.75, 3.05) is 0 Å². The van der Waals surface area contributed by atoms with Crippen molar-refractivity contribution in [3.8, 4) is 6.07 Å². The van der Waals surface area contributed by atoms with E-state index >= 15 is 0 Å². The highest BCUT2D eigenvalue weighted by Gasteiger charge is 2.64. The van der Waals surface area contributed by atoms with Gasteiger partial charge in [-0.15, -0.1) is 0 Å². The van der Waals surface area contributed by atoms with Gasteiger partial charge in [0.25, 0.3) is 0 Å². The minimum atomic E-state index is -4.38. The third-order valence-corrected chi connectivity index (χ3v) is 3.09. The lowest BCUT2D eigenvalue weighted by Gasteiger charge is -2.30. The smallest absolute Gasteiger partial charge is 0.197 e. The number of rotatable bonds is 0. The molecule has 2 aliphatic carbocycles. The zero-order valence-electron chi connectivity index (χ0n) is 6.80. The van der Waals surface area contributed by atoms with Crippen molar-refractivity contribution in [1.82, 2.24) is 0 Å². The SMILES string of the molecule is N#CC1(C(F)(F)F)CC2C=CC1C2. The van der Waals surface area contributed by atoms with Gasteiger partial charge in [-0.2, -0.15) is 18.4 Å². The molecule has 0 heterocycles. The van der Waals surface area contributed by atoms with Crippen LogP contribution in [0, 0.1) is 28.6 Å². The maximum Gasteiger partial charge on any atom is 0.407 e. The highest BCUT2D eigenvalue weighted by Crippen LogP contribution is 2.59. The van der Waals surface area contributed by atoms with Crippen LogP contribution in [0.15, 0.2) is 12.2 Å². The predicted octanol–water partition coefficient (Wildman–Crippen LogP) is 2.65. The number of alkyl halides is 3. The third kappa shape index (κ3) is 0.932. The Balaban J connectivity index is 2.40. The van der Waals surface area contributed by atoms with Gasteiger partial charge in [-0.1, -0.05) is 12.2 Å². The average molecular weight is 187 g/mol. The van der Waals surface area contributed by atoms with E-state index in [0.717, 1.165) is 0 Å². The molecule has 1 fully saturated rings. The quantitative estimate of drug-likeness (QED) is 0.535. The van der Waals surface area contributed by atoms with E-state index in [9.17, 15) is 13.2 Å². The van der Waals surface area contributed by atoms with Crippen LogP contribution >= 0.6 is 0 Å². The fourth-order valence-corrected chi connectivity index (χ4v) is 2.37. The zero-order chi connectivity index (χ0) is 9.69. The van der Waals surface area contributed by atoms with E-state index < -0.39 is 17.5 Å². The summed E-state index contributed by atoms with van der Waals surface area (Å²) in [7, 11) is 0. The third-order valence-electron chi connectivity index (χ3n) is 3.09. The fraction of sp³-hybridized carbons (Fsp3) is 0.667. The van der Waals surface area contributed by atoms with Crippen LogP contribution in [0.2, 0.25) is 0 Å². The summed E-state index contributed by atoms with van der Waals surface area (Å²) in [6.45, 7) is 0. The van der Waals surface area contributed by atoms with E-state index in [4.69, 9.17) is 5.26 Å². The second kappa shape index (κ2) is 2.28. The largest absolute Gasteiger partial charge is 0.407 e. The molecule has 0 aromatic carbocycles. The topological polar surface area (TPSA) is 23.8 Å². The predicted molar refractivity (Wildman–Crippen MR) is 39.5 cm³/mol. The summed E-state index contributed by atoms with van der Waals surface area (Å²) in [5.74, 6) is -0.645. The second-order valence-corrected chi connectivity index (χ2v) is 3.77. The molecule has 2 aliphatic rings. The molecule has 0 aromatic heterocycles. The van der Waals surface area contributed by atoms with Crippen LogP contribution in [0.3, 0.4) is 0 Å². The number of hydrogen-bond donors (Lipinski definition) is 0. The molecule has 70 valence electrons. The van der Waals surface area contributed by atoms with Crippen LogP contribution in [-0.2, 0) is 0 Å². The Bertz CT molecular complexity index is 299. The molecule has 1 saturated carbocycles. The summed E-state index contributed by atoms with van der Waals surface area (Å²) >= 11 is 0. The van der Waals surface area contributed by atoms with Crippen molar-refractivity contribution in [1.29, 1.82) is 5.26 Å². The molecule has 2 bridgehead atoms. The van der Waals surface area contributed by atoms with Crippen molar-refractivity contribution in [2.24, 2.45) is 17.3 Å². The van der Waals surface area contributed by atoms with Crippen LogP contribution < -0.4 is 0 Å². The van der Waals surface area contributed by atoms with Crippen molar-refractivity contribution in [2.45, 2.75) is 19.0 Å². The molecule has 4 heteroatoms. The molecule has 3 atom stereocenters. The van der Waals surface area contributed by atoms with Gasteiger partial charge in [0, 0.05) is 5.92 Å². The monoisotopic (exact) mass is 187 g/mol. The molecular weight excluding hydrogens is 179 g/mol. The molecule has 0 radical (unpaired) electrons. The lowest BCUT2D eigenvalue weighted by molar-refractivity contribution is -0.210. The summed E-state index contributed by atoms with van der Waals surface area (Å²) in [5.41, 5.74) is -2.09. The second-order valence-electron chi connectivity index (χ2n) is 3.77. The molecule has 1 nitrogen and oxygen atoms in total. The first kappa shape index (κ1) is 8.61. The number of halogens is 3. The Kier molecular flexibility index (Phi) is 1.51. The molecule has 0 saturated heterocycles. The minimum Gasteiger partial charge on any atom is -0.197 e. The molecule has 0 spiro atoms. The normalized spacial score (nSPS) is 42.3. The van der Waals surface area contributed by atoms with E-state index in [1.165, 1.54) is 6.07 Å². The van der Waals surface area contributed by atoms with Crippen molar-refractivity contribution >= 4 is 0 Å². The van der Waals surface area contributed by atoms with Crippen LogP contribution in [-0.4, -0.2) is 6.18 Å². The molecular formula is C9H8F3N. The van der Waals surface area contributed by atoms with E-state index in [1.54, 1.807) is 12.2 Å². The van der Waals surface area contributed by atoms with Gasteiger partial charge in [-0.25, -0.2) is 0 Å². The number of nitrogens with zero attached hydrogens (tertiary/aromatic N) is 1. The highest BCUT2D eigenvalue weighted by molar-refractivity contribution is 5.24. The average Bonchev–Trinajstić information content (AvgIpc) is 2.60. The lowest BCUT2D eigenvalue weighted by Crippen LogP contribution is -2.40. The molecule has 0 amide bonds. The Hall–Kier alpha value is -0.980. The van der Waals surface area contributed by atoms with Crippen LogP contribution in [0.25, 0.3) is 0 Å². The summed E-state index contributed by atoms with van der Waals surface area (Å²) in [6.07, 6.45) is -0.593. The molecule has 0 aromatic rings. The number of fused-ring (bicyclic) bond motifs is 2. The van der Waals surface area contributed by atoms with Gasteiger partial charge in [0.2, 0.25) is 0 Å². The summed E-state index contributed by atoms with van der Waals surface area (Å²) in [4.78, 5) is 0. The van der Waals surface area contributed by atoms with Crippen LogP contribution in [0.1, 0.15) is 12.8 Å². The van der Waals surface area contributed by atoms with Crippen molar-refractivity contribution < 1.29 is 13.2 Å². The molecule has 3 unspecified atom stereocenters. The maximum absolute atomic E-state index is 12.6. The first-order valence-electron chi connectivity index (χ1n) is 4.16. The Morgan fingerprint density at radius 2 is 2.08 bits per heavy atom. The molecule has 13 heavy (non-hydrogen) atoms. The first-order chi connectivity index (χ1) is 5.99. The van der Waals surface area contributed by atoms with Gasteiger partial charge in [-0.3, -0.25) is 0 Å². The summed E-state index contributed by atoms with van der Waals surface area (Å²) in [5, 5.41) is 8.67. The summed E-state index contributed by atoms with van der Waals surface area (Å²) < 4.78 is 37.9. The van der Waals surface area contributed by atoms with Gasteiger partial charge in [-0.05, 0) is 18.8 Å². The van der Waals surface area contributed by atoms with Gasteiger partial charge >= 0.3 is 6.18 Å². The van der Waals surface area contributed by atoms with Crippen molar-refractivity contribution in [3.05, 3.63) is 12.2 Å². The fourth-order valence-electron chi connectivity index (χ4n) is 2.37. The van der Waals surface area contributed by atoms with Gasteiger partial charge in [0.15, 0.2) is 5.41 Å². The standard InChI is InChI=1S/C9H8F3N/c10-9(11,12)8(5-13)4-6-1-2-7(8)3-6/h1-2,6-7H,3-4H2. The number of hydrogen-bond acceptors (Lipinski definition) is 1. The van der Waals surface area contributed by atoms with Crippen LogP contribution in [0.5, 0.6) is 0 Å².